The van der Waals surface area contributed by atoms with E-state index < -0.39 is 12.1 Å². The van der Waals surface area contributed by atoms with Gasteiger partial charge in [-0.3, -0.25) is 9.59 Å². The molecule has 0 aromatic heterocycles. The molecule has 1 aromatic carbocycles. The van der Waals surface area contributed by atoms with Gasteiger partial charge in [0.15, 0.2) is 6.10 Å². The van der Waals surface area contributed by atoms with Gasteiger partial charge in [-0.25, -0.2) is 4.79 Å². The number of halogens is 1. The topological polar surface area (TPSA) is 75.7 Å². The van der Waals surface area contributed by atoms with Crippen molar-refractivity contribution in [3.63, 3.8) is 0 Å². The number of hydrogen-bond donors (Lipinski definition) is 1. The summed E-state index contributed by atoms with van der Waals surface area (Å²) in [4.78, 5) is 37.5. The fourth-order valence-electron chi connectivity index (χ4n) is 2.43. The third-order valence-electron chi connectivity index (χ3n) is 3.63. The molecule has 1 N–H and O–H groups in total. The summed E-state index contributed by atoms with van der Waals surface area (Å²) in [5.41, 5.74) is 0.742. The van der Waals surface area contributed by atoms with Gasteiger partial charge in [0, 0.05) is 19.0 Å². The summed E-state index contributed by atoms with van der Waals surface area (Å²) in [7, 11) is 0. The number of nitrogens with one attached hydrogen (secondary N) is 1. The molecular formula is C17H21ClN2O4. The normalized spacial score (nSPS) is 15.5. The second kappa shape index (κ2) is 7.66. The zero-order valence-electron chi connectivity index (χ0n) is 14.0. The van der Waals surface area contributed by atoms with Crippen molar-refractivity contribution < 1.29 is 19.1 Å². The van der Waals surface area contributed by atoms with Gasteiger partial charge < -0.3 is 15.0 Å². The first-order valence-corrected chi connectivity index (χ1v) is 8.28. The van der Waals surface area contributed by atoms with E-state index in [-0.39, 0.29) is 23.4 Å². The lowest BCUT2D eigenvalue weighted by atomic mass is 10.2. The van der Waals surface area contributed by atoms with Crippen LogP contribution in [0.5, 0.6) is 0 Å². The minimum Gasteiger partial charge on any atom is -0.449 e. The van der Waals surface area contributed by atoms with Gasteiger partial charge in [-0.05, 0) is 45.4 Å². The summed E-state index contributed by atoms with van der Waals surface area (Å²) in [6, 6.07) is 4.56. The van der Waals surface area contributed by atoms with Crippen LogP contribution in [0.25, 0.3) is 0 Å². The van der Waals surface area contributed by atoms with Crippen LogP contribution in [0.4, 0.5) is 5.69 Å². The highest BCUT2D eigenvalue weighted by Gasteiger charge is 2.25. The van der Waals surface area contributed by atoms with Crippen molar-refractivity contribution in [2.75, 3.05) is 11.4 Å². The Bertz CT molecular complexity index is 660. The Hall–Kier alpha value is -2.08. The van der Waals surface area contributed by atoms with Crippen molar-refractivity contribution in [2.45, 2.75) is 45.8 Å². The summed E-state index contributed by atoms with van der Waals surface area (Å²) in [6.45, 7) is 5.73. The maximum Gasteiger partial charge on any atom is 0.338 e. The number of ether oxygens (including phenoxy) is 1. The van der Waals surface area contributed by atoms with Crippen LogP contribution >= 0.6 is 11.6 Å². The Balaban J connectivity index is 2.12. The van der Waals surface area contributed by atoms with E-state index in [2.05, 4.69) is 5.32 Å². The van der Waals surface area contributed by atoms with Crippen molar-refractivity contribution >= 4 is 35.1 Å². The molecule has 6 nitrogen and oxygen atoms in total. The lowest BCUT2D eigenvalue weighted by molar-refractivity contribution is -0.129. The zero-order chi connectivity index (χ0) is 17.9. The lowest BCUT2D eigenvalue weighted by Crippen LogP contribution is -2.39. The minimum atomic E-state index is -0.910. The van der Waals surface area contributed by atoms with Gasteiger partial charge in [0.05, 0.1) is 16.3 Å². The summed E-state index contributed by atoms with van der Waals surface area (Å²) in [5, 5.41) is 3.08. The summed E-state index contributed by atoms with van der Waals surface area (Å²) in [6.07, 6.45) is 0.320. The average Bonchev–Trinajstić information content (AvgIpc) is 2.92. The number of nitrogens with zero attached hydrogens (tertiary/aromatic N) is 1. The van der Waals surface area contributed by atoms with Crippen molar-refractivity contribution in [3.8, 4) is 0 Å². The Morgan fingerprint density at radius 2 is 2.00 bits per heavy atom. The van der Waals surface area contributed by atoms with E-state index in [0.717, 1.165) is 6.42 Å². The summed E-state index contributed by atoms with van der Waals surface area (Å²) < 4.78 is 5.19. The number of hydrogen-bond acceptors (Lipinski definition) is 4. The SMILES string of the molecule is CC(C)NC(=O)[C@H](C)OC(=O)c1ccc(Cl)c(N2CCCC2=O)c1. The molecule has 24 heavy (non-hydrogen) atoms. The standard InChI is InChI=1S/C17H21ClN2O4/c1-10(2)19-16(22)11(3)24-17(23)12-6-7-13(18)14(9-12)20-8-4-5-15(20)21/h6-7,9-11H,4-5,8H2,1-3H3,(H,19,22)/t11-/m0/s1. The molecule has 1 saturated heterocycles. The molecule has 1 aromatic rings. The first-order chi connectivity index (χ1) is 11.3. The summed E-state index contributed by atoms with van der Waals surface area (Å²) in [5.74, 6) is -1.01. The fraction of sp³-hybridized carbons (Fsp3) is 0.471. The molecule has 0 saturated carbocycles. The van der Waals surface area contributed by atoms with Gasteiger partial charge in [0.1, 0.15) is 0 Å². The van der Waals surface area contributed by atoms with E-state index in [1.165, 1.54) is 19.1 Å². The highest BCUT2D eigenvalue weighted by atomic mass is 35.5. The Morgan fingerprint density at radius 1 is 1.29 bits per heavy atom. The van der Waals surface area contributed by atoms with Crippen LogP contribution < -0.4 is 10.2 Å². The predicted octanol–water partition coefficient (Wildman–Crippen LogP) is 2.54. The molecule has 0 aliphatic carbocycles. The molecular weight excluding hydrogens is 332 g/mol. The fourth-order valence-corrected chi connectivity index (χ4v) is 2.65. The molecule has 1 fully saturated rings. The molecule has 130 valence electrons. The third-order valence-corrected chi connectivity index (χ3v) is 3.95. The first-order valence-electron chi connectivity index (χ1n) is 7.91. The molecule has 1 aliphatic rings. The molecule has 0 bridgehead atoms. The van der Waals surface area contributed by atoms with Crippen LogP contribution in [-0.2, 0) is 14.3 Å². The predicted molar refractivity (Wildman–Crippen MR) is 91.2 cm³/mol. The van der Waals surface area contributed by atoms with Crippen molar-refractivity contribution in [2.24, 2.45) is 0 Å². The van der Waals surface area contributed by atoms with Crippen LogP contribution in [-0.4, -0.2) is 36.5 Å². The third kappa shape index (κ3) is 4.26. The Labute approximate surface area is 146 Å². The monoisotopic (exact) mass is 352 g/mol. The molecule has 0 spiro atoms. The van der Waals surface area contributed by atoms with E-state index in [1.54, 1.807) is 11.0 Å². The van der Waals surface area contributed by atoms with E-state index in [1.807, 2.05) is 13.8 Å². The number of benzene rings is 1. The average molecular weight is 353 g/mol. The lowest BCUT2D eigenvalue weighted by Gasteiger charge is -2.19. The molecule has 1 aliphatic heterocycles. The Kier molecular flexibility index (Phi) is 5.83. The highest BCUT2D eigenvalue weighted by Crippen LogP contribution is 2.30. The van der Waals surface area contributed by atoms with Gasteiger partial charge in [0.2, 0.25) is 5.91 Å². The van der Waals surface area contributed by atoms with Gasteiger partial charge in [-0.2, -0.15) is 0 Å². The quantitative estimate of drug-likeness (QED) is 0.826. The van der Waals surface area contributed by atoms with Gasteiger partial charge in [0.25, 0.3) is 5.91 Å². The van der Waals surface area contributed by atoms with Crippen molar-refractivity contribution in [1.82, 2.24) is 5.32 Å². The molecule has 7 heteroatoms. The van der Waals surface area contributed by atoms with Crippen LogP contribution in [0.2, 0.25) is 5.02 Å². The van der Waals surface area contributed by atoms with Crippen molar-refractivity contribution in [1.29, 1.82) is 0 Å². The number of carbonyl (C=O) groups excluding carboxylic acids is 3. The second-order valence-corrected chi connectivity index (χ2v) is 6.43. The number of carbonyl (C=O) groups is 3. The largest absolute Gasteiger partial charge is 0.449 e. The molecule has 2 rings (SSSR count). The molecule has 1 atom stereocenters. The Morgan fingerprint density at radius 3 is 2.58 bits per heavy atom. The minimum absolute atomic E-state index is 0.0212. The smallest absolute Gasteiger partial charge is 0.338 e. The van der Waals surface area contributed by atoms with E-state index in [0.29, 0.717) is 23.7 Å². The highest BCUT2D eigenvalue weighted by molar-refractivity contribution is 6.34. The van der Waals surface area contributed by atoms with Crippen molar-refractivity contribution in [3.05, 3.63) is 28.8 Å². The zero-order valence-corrected chi connectivity index (χ0v) is 14.7. The summed E-state index contributed by atoms with van der Waals surface area (Å²) >= 11 is 6.15. The molecule has 0 unspecified atom stereocenters. The van der Waals surface area contributed by atoms with Crippen LogP contribution in [0, 0.1) is 0 Å². The molecule has 2 amide bonds. The van der Waals surface area contributed by atoms with Crippen LogP contribution in [0.15, 0.2) is 18.2 Å². The van der Waals surface area contributed by atoms with Gasteiger partial charge >= 0.3 is 5.97 Å². The molecule has 0 radical (unpaired) electrons. The number of rotatable bonds is 5. The first kappa shape index (κ1) is 18.3. The van der Waals surface area contributed by atoms with Gasteiger partial charge in [-0.15, -0.1) is 0 Å². The van der Waals surface area contributed by atoms with E-state index in [9.17, 15) is 14.4 Å². The van der Waals surface area contributed by atoms with Gasteiger partial charge in [-0.1, -0.05) is 11.6 Å². The number of esters is 1. The van der Waals surface area contributed by atoms with E-state index >= 15 is 0 Å². The van der Waals surface area contributed by atoms with E-state index in [4.69, 9.17) is 16.3 Å². The second-order valence-electron chi connectivity index (χ2n) is 6.03. The van der Waals surface area contributed by atoms with Crippen LogP contribution in [0.3, 0.4) is 0 Å². The maximum absolute atomic E-state index is 12.3. The number of amides is 2. The molecule has 1 heterocycles. The van der Waals surface area contributed by atoms with Crippen LogP contribution in [0.1, 0.15) is 44.0 Å². The maximum atomic E-state index is 12.3. The number of anilines is 1.